The van der Waals surface area contributed by atoms with E-state index in [-0.39, 0.29) is 30.1 Å². The third-order valence-corrected chi connectivity index (χ3v) is 4.00. The number of nitrogens with one attached hydrogen (secondary N) is 3. The highest BCUT2D eigenvalue weighted by atomic mass is 19.1. The van der Waals surface area contributed by atoms with Crippen LogP contribution in [0.3, 0.4) is 0 Å². The number of carbonyl (C=O) groups excluding carboxylic acids is 2. The van der Waals surface area contributed by atoms with Gasteiger partial charge in [-0.25, -0.2) is 4.39 Å². The van der Waals surface area contributed by atoms with Gasteiger partial charge in [-0.3, -0.25) is 9.59 Å². The number of rotatable bonds is 7. The number of hydrogen-bond donors (Lipinski definition) is 3. The zero-order valence-corrected chi connectivity index (χ0v) is 15.2. The van der Waals surface area contributed by atoms with Crippen molar-refractivity contribution in [2.45, 2.75) is 33.2 Å². The molecule has 0 aromatic heterocycles. The maximum Gasteiger partial charge on any atom is 0.239 e. The zero-order valence-electron chi connectivity index (χ0n) is 15.2. The molecule has 0 heterocycles. The summed E-state index contributed by atoms with van der Waals surface area (Å²) in [6.07, 6.45) is 0.975. The number of amides is 2. The first-order valence-corrected chi connectivity index (χ1v) is 8.58. The van der Waals surface area contributed by atoms with Gasteiger partial charge in [0.15, 0.2) is 0 Å². The first-order chi connectivity index (χ1) is 12.4. The molecule has 138 valence electrons. The van der Waals surface area contributed by atoms with Crippen molar-refractivity contribution in [2.24, 2.45) is 0 Å². The Balaban J connectivity index is 1.90. The molecule has 0 saturated heterocycles. The molecule has 2 rings (SSSR count). The summed E-state index contributed by atoms with van der Waals surface area (Å²) in [4.78, 5) is 23.2. The lowest BCUT2D eigenvalue weighted by molar-refractivity contribution is -0.120. The van der Waals surface area contributed by atoms with Crippen molar-refractivity contribution in [1.29, 1.82) is 0 Å². The van der Waals surface area contributed by atoms with Gasteiger partial charge in [-0.15, -0.1) is 0 Å². The van der Waals surface area contributed by atoms with Crippen molar-refractivity contribution in [1.82, 2.24) is 5.32 Å². The third kappa shape index (κ3) is 5.58. The lowest BCUT2D eigenvalue weighted by Gasteiger charge is -2.16. The van der Waals surface area contributed by atoms with E-state index in [4.69, 9.17) is 0 Å². The maximum absolute atomic E-state index is 13.6. The standard InChI is InChI=1S/C20H24FN3O2/c1-4-15-5-7-16(8-6-15)13(2)23-20(26)12-22-17-9-10-18(21)19(11-17)24-14(3)25/h5-11,13,22H,4,12H2,1-3H3,(H,23,26)(H,24,25). The fraction of sp³-hybridized carbons (Fsp3) is 0.300. The van der Waals surface area contributed by atoms with Gasteiger partial charge in [0.1, 0.15) is 5.82 Å². The number of hydrogen-bond acceptors (Lipinski definition) is 3. The lowest BCUT2D eigenvalue weighted by Crippen LogP contribution is -2.32. The van der Waals surface area contributed by atoms with Crippen molar-refractivity contribution in [3.63, 3.8) is 0 Å². The van der Waals surface area contributed by atoms with Crippen LogP contribution in [0.2, 0.25) is 0 Å². The molecule has 0 aliphatic rings. The van der Waals surface area contributed by atoms with E-state index in [1.54, 1.807) is 0 Å². The fourth-order valence-corrected chi connectivity index (χ4v) is 2.52. The summed E-state index contributed by atoms with van der Waals surface area (Å²) in [5.41, 5.74) is 2.91. The number of aryl methyl sites for hydroxylation is 1. The van der Waals surface area contributed by atoms with Crippen LogP contribution in [0.4, 0.5) is 15.8 Å². The smallest absolute Gasteiger partial charge is 0.239 e. The normalized spacial score (nSPS) is 11.5. The average Bonchev–Trinajstić information content (AvgIpc) is 2.62. The first-order valence-electron chi connectivity index (χ1n) is 8.58. The van der Waals surface area contributed by atoms with Crippen LogP contribution in [0.25, 0.3) is 0 Å². The summed E-state index contributed by atoms with van der Waals surface area (Å²) in [7, 11) is 0. The summed E-state index contributed by atoms with van der Waals surface area (Å²) in [6.45, 7) is 5.37. The summed E-state index contributed by atoms with van der Waals surface area (Å²) in [5, 5.41) is 8.26. The van der Waals surface area contributed by atoms with Crippen LogP contribution in [-0.4, -0.2) is 18.4 Å². The predicted molar refractivity (Wildman–Crippen MR) is 102 cm³/mol. The minimum Gasteiger partial charge on any atom is -0.376 e. The molecular formula is C20H24FN3O2. The van der Waals surface area contributed by atoms with Crippen LogP contribution in [0.1, 0.15) is 37.9 Å². The van der Waals surface area contributed by atoms with E-state index < -0.39 is 5.82 Å². The van der Waals surface area contributed by atoms with Gasteiger partial charge in [-0.2, -0.15) is 0 Å². The summed E-state index contributed by atoms with van der Waals surface area (Å²) >= 11 is 0. The van der Waals surface area contributed by atoms with E-state index in [1.807, 2.05) is 19.1 Å². The van der Waals surface area contributed by atoms with Gasteiger partial charge in [-0.1, -0.05) is 31.2 Å². The average molecular weight is 357 g/mol. The van der Waals surface area contributed by atoms with E-state index in [2.05, 4.69) is 35.0 Å². The van der Waals surface area contributed by atoms with Gasteiger partial charge in [0.05, 0.1) is 18.3 Å². The topological polar surface area (TPSA) is 70.2 Å². The van der Waals surface area contributed by atoms with E-state index in [9.17, 15) is 14.0 Å². The second-order valence-electron chi connectivity index (χ2n) is 6.11. The third-order valence-electron chi connectivity index (χ3n) is 4.00. The molecule has 0 radical (unpaired) electrons. The Hall–Kier alpha value is -2.89. The minimum atomic E-state index is -0.528. The van der Waals surface area contributed by atoms with Gasteiger partial charge >= 0.3 is 0 Å². The SMILES string of the molecule is CCc1ccc(C(C)NC(=O)CNc2ccc(F)c(NC(C)=O)c2)cc1. The van der Waals surface area contributed by atoms with Crippen LogP contribution in [0, 0.1) is 5.82 Å². The van der Waals surface area contributed by atoms with Crippen LogP contribution in [0.15, 0.2) is 42.5 Å². The molecule has 0 aliphatic carbocycles. The highest BCUT2D eigenvalue weighted by Crippen LogP contribution is 2.19. The quantitative estimate of drug-likeness (QED) is 0.709. The molecule has 1 unspecified atom stereocenters. The van der Waals surface area contributed by atoms with Gasteiger partial charge in [0.25, 0.3) is 0 Å². The number of benzene rings is 2. The Morgan fingerprint density at radius 2 is 1.81 bits per heavy atom. The van der Waals surface area contributed by atoms with Crippen molar-refractivity contribution in [3.8, 4) is 0 Å². The molecule has 0 saturated carbocycles. The molecule has 5 nitrogen and oxygen atoms in total. The second-order valence-corrected chi connectivity index (χ2v) is 6.11. The van der Waals surface area contributed by atoms with Crippen molar-refractivity contribution < 1.29 is 14.0 Å². The molecule has 26 heavy (non-hydrogen) atoms. The Morgan fingerprint density at radius 1 is 1.12 bits per heavy atom. The molecule has 2 aromatic carbocycles. The van der Waals surface area contributed by atoms with Gasteiger partial charge < -0.3 is 16.0 Å². The van der Waals surface area contributed by atoms with Crippen molar-refractivity contribution in [3.05, 3.63) is 59.4 Å². The maximum atomic E-state index is 13.6. The summed E-state index contributed by atoms with van der Waals surface area (Å²) in [5.74, 6) is -1.07. The summed E-state index contributed by atoms with van der Waals surface area (Å²) in [6, 6.07) is 12.2. The Bertz CT molecular complexity index is 775. The molecule has 0 bridgehead atoms. The highest BCUT2D eigenvalue weighted by Gasteiger charge is 2.10. The fourth-order valence-electron chi connectivity index (χ4n) is 2.52. The lowest BCUT2D eigenvalue weighted by atomic mass is 10.1. The molecule has 0 fully saturated rings. The van der Waals surface area contributed by atoms with Crippen LogP contribution in [-0.2, 0) is 16.0 Å². The van der Waals surface area contributed by atoms with Gasteiger partial charge in [-0.05, 0) is 42.7 Å². The summed E-state index contributed by atoms with van der Waals surface area (Å²) < 4.78 is 13.6. The van der Waals surface area contributed by atoms with Crippen LogP contribution in [0.5, 0.6) is 0 Å². The van der Waals surface area contributed by atoms with Crippen LogP contribution < -0.4 is 16.0 Å². The molecule has 1 atom stereocenters. The van der Waals surface area contributed by atoms with Crippen molar-refractivity contribution >= 4 is 23.2 Å². The molecule has 0 aliphatic heterocycles. The minimum absolute atomic E-state index is 0.0442. The Kier molecular flexibility index (Phi) is 6.72. The molecule has 2 aromatic rings. The first kappa shape index (κ1) is 19.4. The molecule has 2 amide bonds. The van der Waals surface area contributed by atoms with E-state index in [1.165, 1.54) is 30.7 Å². The van der Waals surface area contributed by atoms with Crippen LogP contribution >= 0.6 is 0 Å². The van der Waals surface area contributed by atoms with E-state index in [0.717, 1.165) is 12.0 Å². The van der Waals surface area contributed by atoms with Gasteiger partial charge in [0, 0.05) is 12.6 Å². The number of anilines is 2. The highest BCUT2D eigenvalue weighted by molar-refractivity contribution is 5.89. The molecular weight excluding hydrogens is 333 g/mol. The largest absolute Gasteiger partial charge is 0.376 e. The van der Waals surface area contributed by atoms with E-state index in [0.29, 0.717) is 5.69 Å². The number of carbonyl (C=O) groups is 2. The van der Waals surface area contributed by atoms with E-state index >= 15 is 0 Å². The molecule has 3 N–H and O–H groups in total. The molecule has 6 heteroatoms. The monoisotopic (exact) mass is 357 g/mol. The molecule has 0 spiro atoms. The van der Waals surface area contributed by atoms with Gasteiger partial charge in [0.2, 0.25) is 11.8 Å². The Labute approximate surface area is 153 Å². The second kappa shape index (κ2) is 8.99. The zero-order chi connectivity index (χ0) is 19.1. The van der Waals surface area contributed by atoms with Crippen molar-refractivity contribution in [2.75, 3.05) is 17.2 Å². The number of halogens is 1. The predicted octanol–water partition coefficient (Wildman–Crippen LogP) is 3.64. The Morgan fingerprint density at radius 3 is 2.42 bits per heavy atom.